The van der Waals surface area contributed by atoms with Crippen LogP contribution < -0.4 is 0 Å². The van der Waals surface area contributed by atoms with E-state index in [9.17, 15) is 4.57 Å². The van der Waals surface area contributed by atoms with Gasteiger partial charge in [-0.15, -0.1) is 0 Å². The lowest BCUT2D eigenvalue weighted by atomic mass is 10.1. The Kier molecular flexibility index (Phi) is 6.64. The standard InChI is InChI=1S/C17H27O4P/c1-3-20-22(18,21-4-2)15-17(10-11-17)12-13-19-14-16-8-6-5-7-9-16/h5-9H,3-4,10-15H2,1-2H3. The largest absolute Gasteiger partial charge is 0.377 e. The second kappa shape index (κ2) is 8.26. The third-order valence-electron chi connectivity index (χ3n) is 4.03. The summed E-state index contributed by atoms with van der Waals surface area (Å²) in [5, 5.41) is 0. The Balaban J connectivity index is 1.75. The van der Waals surface area contributed by atoms with E-state index in [0.717, 1.165) is 19.3 Å². The molecule has 0 N–H and O–H groups in total. The Morgan fingerprint density at radius 3 is 2.27 bits per heavy atom. The summed E-state index contributed by atoms with van der Waals surface area (Å²) in [6, 6.07) is 10.2. The first kappa shape index (κ1) is 17.7. The van der Waals surface area contributed by atoms with Crippen molar-refractivity contribution >= 4 is 7.60 Å². The van der Waals surface area contributed by atoms with E-state index in [0.29, 0.717) is 32.6 Å². The lowest BCUT2D eigenvalue weighted by molar-refractivity contribution is 0.105. The molecular weight excluding hydrogens is 299 g/mol. The van der Waals surface area contributed by atoms with Crippen LogP contribution in [-0.4, -0.2) is 26.0 Å². The molecule has 1 aliphatic rings. The van der Waals surface area contributed by atoms with Gasteiger partial charge >= 0.3 is 7.60 Å². The first-order chi connectivity index (χ1) is 10.6. The number of hydrogen-bond acceptors (Lipinski definition) is 4. The van der Waals surface area contributed by atoms with E-state index in [4.69, 9.17) is 13.8 Å². The summed E-state index contributed by atoms with van der Waals surface area (Å²) in [5.74, 6) is 0. The van der Waals surface area contributed by atoms with E-state index in [1.807, 2.05) is 32.0 Å². The predicted octanol–water partition coefficient (Wildman–Crippen LogP) is 4.64. The van der Waals surface area contributed by atoms with Gasteiger partial charge in [-0.25, -0.2) is 0 Å². The zero-order valence-corrected chi connectivity index (χ0v) is 14.5. The average Bonchev–Trinajstić information content (AvgIpc) is 3.24. The van der Waals surface area contributed by atoms with Gasteiger partial charge in [-0.05, 0) is 44.1 Å². The van der Waals surface area contributed by atoms with Gasteiger partial charge in [-0.2, -0.15) is 0 Å². The molecule has 0 atom stereocenters. The number of hydrogen-bond donors (Lipinski definition) is 0. The van der Waals surface area contributed by atoms with Crippen LogP contribution in [0.1, 0.15) is 38.7 Å². The predicted molar refractivity (Wildman–Crippen MR) is 88.1 cm³/mol. The third-order valence-corrected chi connectivity index (χ3v) is 6.39. The lowest BCUT2D eigenvalue weighted by Gasteiger charge is -2.22. The van der Waals surface area contributed by atoms with Crippen LogP contribution in [0.15, 0.2) is 30.3 Å². The minimum Gasteiger partial charge on any atom is -0.377 e. The molecule has 1 aliphatic carbocycles. The molecule has 0 radical (unpaired) electrons. The third kappa shape index (κ3) is 5.51. The highest BCUT2D eigenvalue weighted by molar-refractivity contribution is 7.53. The van der Waals surface area contributed by atoms with Crippen LogP contribution in [0.25, 0.3) is 0 Å². The van der Waals surface area contributed by atoms with Crippen molar-refractivity contribution in [1.29, 1.82) is 0 Å². The van der Waals surface area contributed by atoms with E-state index in [1.165, 1.54) is 5.56 Å². The van der Waals surface area contributed by atoms with Gasteiger partial charge in [0.25, 0.3) is 0 Å². The van der Waals surface area contributed by atoms with E-state index < -0.39 is 7.60 Å². The quantitative estimate of drug-likeness (QED) is 0.439. The molecule has 0 aliphatic heterocycles. The number of rotatable bonds is 11. The normalized spacial score (nSPS) is 16.6. The molecule has 1 aromatic carbocycles. The molecule has 2 rings (SSSR count). The topological polar surface area (TPSA) is 44.8 Å². The molecule has 124 valence electrons. The molecule has 0 unspecified atom stereocenters. The highest BCUT2D eigenvalue weighted by atomic mass is 31.2. The van der Waals surface area contributed by atoms with Crippen LogP contribution in [0.3, 0.4) is 0 Å². The summed E-state index contributed by atoms with van der Waals surface area (Å²) in [6.07, 6.45) is 3.62. The monoisotopic (exact) mass is 326 g/mol. The van der Waals surface area contributed by atoms with Crippen molar-refractivity contribution < 1.29 is 18.3 Å². The molecule has 1 saturated carbocycles. The number of ether oxygens (including phenoxy) is 1. The summed E-state index contributed by atoms with van der Waals surface area (Å²) in [6.45, 7) is 5.89. The van der Waals surface area contributed by atoms with Crippen molar-refractivity contribution in [3.8, 4) is 0 Å². The molecule has 22 heavy (non-hydrogen) atoms. The second-order valence-corrected chi connectivity index (χ2v) is 7.95. The van der Waals surface area contributed by atoms with Crippen LogP contribution in [0, 0.1) is 5.41 Å². The van der Waals surface area contributed by atoms with E-state index in [2.05, 4.69) is 12.1 Å². The van der Waals surface area contributed by atoms with Gasteiger partial charge in [0.2, 0.25) is 0 Å². The molecule has 0 aromatic heterocycles. The fourth-order valence-electron chi connectivity index (χ4n) is 2.65. The average molecular weight is 326 g/mol. The minimum atomic E-state index is -2.94. The SMILES string of the molecule is CCOP(=O)(CC1(CCOCc2ccccc2)CC1)OCC. The smallest absolute Gasteiger partial charge is 0.331 e. The zero-order chi connectivity index (χ0) is 15.9. The Bertz CT molecular complexity index is 475. The fourth-order valence-corrected chi connectivity index (χ4v) is 4.99. The molecule has 0 bridgehead atoms. The first-order valence-electron chi connectivity index (χ1n) is 8.11. The summed E-state index contributed by atoms with van der Waals surface area (Å²) < 4.78 is 29.2. The Morgan fingerprint density at radius 1 is 1.09 bits per heavy atom. The van der Waals surface area contributed by atoms with Gasteiger partial charge in [0.1, 0.15) is 0 Å². The Hall–Kier alpha value is -0.670. The van der Waals surface area contributed by atoms with Crippen molar-refractivity contribution in [2.24, 2.45) is 5.41 Å². The van der Waals surface area contributed by atoms with Crippen LogP contribution in [-0.2, 0) is 25.0 Å². The van der Waals surface area contributed by atoms with Gasteiger partial charge in [0.05, 0.1) is 26.0 Å². The molecule has 4 nitrogen and oxygen atoms in total. The van der Waals surface area contributed by atoms with Crippen LogP contribution in [0.4, 0.5) is 0 Å². The van der Waals surface area contributed by atoms with E-state index in [1.54, 1.807) is 0 Å². The molecule has 0 amide bonds. The molecule has 0 spiro atoms. The van der Waals surface area contributed by atoms with Crippen molar-refractivity contribution in [3.63, 3.8) is 0 Å². The summed E-state index contributed by atoms with van der Waals surface area (Å²) >= 11 is 0. The van der Waals surface area contributed by atoms with Gasteiger partial charge in [0, 0.05) is 6.61 Å². The van der Waals surface area contributed by atoms with Crippen LogP contribution >= 0.6 is 7.60 Å². The van der Waals surface area contributed by atoms with Crippen molar-refractivity contribution in [1.82, 2.24) is 0 Å². The molecule has 0 saturated heterocycles. The molecule has 0 heterocycles. The molecule has 1 aromatic rings. The molecular formula is C17H27O4P. The second-order valence-electron chi connectivity index (χ2n) is 5.89. The van der Waals surface area contributed by atoms with E-state index in [-0.39, 0.29) is 5.41 Å². The maximum absolute atomic E-state index is 12.6. The van der Waals surface area contributed by atoms with E-state index >= 15 is 0 Å². The van der Waals surface area contributed by atoms with Crippen molar-refractivity contribution in [2.45, 2.75) is 39.7 Å². The van der Waals surface area contributed by atoms with Crippen LogP contribution in [0.5, 0.6) is 0 Å². The van der Waals surface area contributed by atoms with Crippen molar-refractivity contribution in [3.05, 3.63) is 35.9 Å². The Labute approximate surface area is 133 Å². The molecule has 5 heteroatoms. The number of benzene rings is 1. The summed E-state index contributed by atoms with van der Waals surface area (Å²) in [7, 11) is -2.94. The highest BCUT2D eigenvalue weighted by Gasteiger charge is 2.48. The maximum Gasteiger partial charge on any atom is 0.331 e. The first-order valence-corrected chi connectivity index (χ1v) is 9.84. The van der Waals surface area contributed by atoms with Crippen LogP contribution in [0.2, 0.25) is 0 Å². The van der Waals surface area contributed by atoms with Gasteiger partial charge in [-0.1, -0.05) is 30.3 Å². The summed E-state index contributed by atoms with van der Waals surface area (Å²) in [5.41, 5.74) is 1.28. The maximum atomic E-state index is 12.6. The highest BCUT2D eigenvalue weighted by Crippen LogP contribution is 2.61. The Morgan fingerprint density at radius 2 is 1.73 bits per heavy atom. The van der Waals surface area contributed by atoms with Crippen molar-refractivity contribution in [2.75, 3.05) is 26.0 Å². The lowest BCUT2D eigenvalue weighted by Crippen LogP contribution is -2.14. The zero-order valence-electron chi connectivity index (χ0n) is 13.6. The fraction of sp³-hybridized carbons (Fsp3) is 0.647. The van der Waals surface area contributed by atoms with Gasteiger partial charge in [-0.3, -0.25) is 4.57 Å². The van der Waals surface area contributed by atoms with Gasteiger partial charge < -0.3 is 13.8 Å². The molecule has 1 fully saturated rings. The van der Waals surface area contributed by atoms with Gasteiger partial charge in [0.15, 0.2) is 0 Å². The summed E-state index contributed by atoms with van der Waals surface area (Å²) in [4.78, 5) is 0. The minimum absolute atomic E-state index is 0.0938.